The first kappa shape index (κ1) is 15.5. The summed E-state index contributed by atoms with van der Waals surface area (Å²) in [6, 6.07) is 8.55. The normalized spacial score (nSPS) is 20.4. The fourth-order valence-electron chi connectivity index (χ4n) is 3.57. The van der Waals surface area contributed by atoms with Crippen LogP contribution in [0.2, 0.25) is 0 Å². The van der Waals surface area contributed by atoms with Gasteiger partial charge in [-0.2, -0.15) is 0 Å². The van der Waals surface area contributed by atoms with E-state index in [1.807, 2.05) is 0 Å². The van der Waals surface area contributed by atoms with Crippen LogP contribution in [0.15, 0.2) is 24.3 Å². The van der Waals surface area contributed by atoms with Crippen LogP contribution in [0, 0.1) is 6.92 Å². The Labute approximate surface area is 122 Å². The summed E-state index contributed by atoms with van der Waals surface area (Å²) in [4.78, 5) is 0. The fraction of sp³-hybridized carbons (Fsp3) is 0.647. The van der Waals surface area contributed by atoms with Crippen LogP contribution in [0.1, 0.15) is 62.6 Å². The van der Waals surface area contributed by atoms with Gasteiger partial charge in [-0.25, -0.2) is 0 Å². The van der Waals surface area contributed by atoms with Gasteiger partial charge >= 0.3 is 0 Å². The molecule has 0 amide bonds. The van der Waals surface area contributed by atoms with E-state index in [0.29, 0.717) is 0 Å². The van der Waals surface area contributed by atoms with Gasteiger partial charge in [0.2, 0.25) is 0 Å². The molecular weight excluding hydrogens is 248 g/mol. The Morgan fingerprint density at radius 1 is 1.20 bits per heavy atom. The predicted octanol–water partition coefficient (Wildman–Crippen LogP) is 3.63. The SMILES string of the molecule is CCOC1(C(NN)c2ccccc2C)CCCCCC1. The van der Waals surface area contributed by atoms with Crippen molar-refractivity contribution < 1.29 is 4.74 Å². The summed E-state index contributed by atoms with van der Waals surface area (Å²) in [5, 5.41) is 0. The Kier molecular flexibility index (Phi) is 5.58. The molecule has 1 aromatic rings. The lowest BCUT2D eigenvalue weighted by Crippen LogP contribution is -2.48. The maximum absolute atomic E-state index is 6.27. The summed E-state index contributed by atoms with van der Waals surface area (Å²) in [5.74, 6) is 5.94. The summed E-state index contributed by atoms with van der Waals surface area (Å²) in [5.41, 5.74) is 5.44. The Balaban J connectivity index is 2.36. The zero-order chi connectivity index (χ0) is 14.4. The van der Waals surface area contributed by atoms with Gasteiger partial charge in [0.1, 0.15) is 0 Å². The number of hydrogen-bond acceptors (Lipinski definition) is 3. The highest BCUT2D eigenvalue weighted by molar-refractivity contribution is 5.31. The number of nitrogens with two attached hydrogens (primary N) is 1. The van der Waals surface area contributed by atoms with Crippen molar-refractivity contribution >= 4 is 0 Å². The number of rotatable bonds is 5. The van der Waals surface area contributed by atoms with Crippen molar-refractivity contribution in [1.29, 1.82) is 0 Å². The third kappa shape index (κ3) is 3.22. The number of aryl methyl sites for hydroxylation is 1. The second kappa shape index (κ2) is 7.21. The molecule has 0 bridgehead atoms. The van der Waals surface area contributed by atoms with Crippen LogP contribution < -0.4 is 11.3 Å². The average molecular weight is 276 g/mol. The summed E-state index contributed by atoms with van der Waals surface area (Å²) >= 11 is 0. The smallest absolute Gasteiger partial charge is 0.0889 e. The summed E-state index contributed by atoms with van der Waals surface area (Å²) in [6.07, 6.45) is 7.24. The van der Waals surface area contributed by atoms with Crippen molar-refractivity contribution in [2.75, 3.05) is 6.61 Å². The molecule has 0 radical (unpaired) electrons. The van der Waals surface area contributed by atoms with Gasteiger partial charge in [-0.15, -0.1) is 0 Å². The number of benzene rings is 1. The first-order valence-electron chi connectivity index (χ1n) is 7.89. The highest BCUT2D eigenvalue weighted by Crippen LogP contribution is 2.41. The van der Waals surface area contributed by atoms with E-state index in [0.717, 1.165) is 19.4 Å². The largest absolute Gasteiger partial charge is 0.373 e. The Morgan fingerprint density at radius 3 is 2.40 bits per heavy atom. The minimum absolute atomic E-state index is 0.0711. The predicted molar refractivity (Wildman–Crippen MR) is 83.3 cm³/mol. The second-order valence-corrected chi connectivity index (χ2v) is 5.87. The van der Waals surface area contributed by atoms with Crippen LogP contribution >= 0.6 is 0 Å². The van der Waals surface area contributed by atoms with E-state index >= 15 is 0 Å². The molecule has 1 saturated carbocycles. The maximum atomic E-state index is 6.27. The topological polar surface area (TPSA) is 47.3 Å². The Hall–Kier alpha value is -0.900. The van der Waals surface area contributed by atoms with Gasteiger partial charge in [0, 0.05) is 6.61 Å². The van der Waals surface area contributed by atoms with Crippen LogP contribution in [-0.2, 0) is 4.74 Å². The third-order valence-electron chi connectivity index (χ3n) is 4.57. The molecule has 1 aromatic carbocycles. The Bertz CT molecular complexity index is 411. The van der Waals surface area contributed by atoms with E-state index in [-0.39, 0.29) is 11.6 Å². The van der Waals surface area contributed by atoms with Gasteiger partial charge in [-0.05, 0) is 37.8 Å². The minimum Gasteiger partial charge on any atom is -0.373 e. The van der Waals surface area contributed by atoms with Gasteiger partial charge in [0.05, 0.1) is 11.6 Å². The van der Waals surface area contributed by atoms with Gasteiger partial charge in [0.15, 0.2) is 0 Å². The number of hydrogen-bond donors (Lipinski definition) is 2. The van der Waals surface area contributed by atoms with E-state index in [9.17, 15) is 0 Å². The quantitative estimate of drug-likeness (QED) is 0.490. The van der Waals surface area contributed by atoms with Crippen LogP contribution in [0.3, 0.4) is 0 Å². The van der Waals surface area contributed by atoms with Crippen LogP contribution in [-0.4, -0.2) is 12.2 Å². The molecule has 3 N–H and O–H groups in total. The molecule has 0 aromatic heterocycles. The average Bonchev–Trinajstić information content (AvgIpc) is 2.69. The molecule has 0 spiro atoms. The van der Waals surface area contributed by atoms with Crippen molar-refractivity contribution in [1.82, 2.24) is 5.43 Å². The summed E-state index contributed by atoms with van der Waals surface area (Å²) in [7, 11) is 0. The molecule has 112 valence electrons. The van der Waals surface area contributed by atoms with Crippen LogP contribution in [0.5, 0.6) is 0 Å². The molecule has 3 heteroatoms. The standard InChI is InChI=1S/C17H28N2O/c1-3-20-17(12-8-4-5-9-13-17)16(19-18)15-11-7-6-10-14(15)2/h6-7,10-11,16,19H,3-5,8-9,12-13,18H2,1-2H3. The van der Waals surface area contributed by atoms with Crippen molar-refractivity contribution in [2.24, 2.45) is 5.84 Å². The molecular formula is C17H28N2O. The molecule has 2 rings (SSSR count). The van der Waals surface area contributed by atoms with E-state index < -0.39 is 0 Å². The lowest BCUT2D eigenvalue weighted by atomic mass is 9.81. The van der Waals surface area contributed by atoms with Crippen molar-refractivity contribution in [2.45, 2.75) is 64.0 Å². The first-order valence-corrected chi connectivity index (χ1v) is 7.89. The second-order valence-electron chi connectivity index (χ2n) is 5.87. The molecule has 1 fully saturated rings. The van der Waals surface area contributed by atoms with Gasteiger partial charge in [-0.3, -0.25) is 11.3 Å². The minimum atomic E-state index is -0.161. The molecule has 1 atom stereocenters. The lowest BCUT2D eigenvalue weighted by Gasteiger charge is -2.40. The molecule has 1 unspecified atom stereocenters. The molecule has 0 saturated heterocycles. The van der Waals surface area contributed by atoms with Crippen molar-refractivity contribution in [3.63, 3.8) is 0 Å². The highest BCUT2D eigenvalue weighted by Gasteiger charge is 2.40. The third-order valence-corrected chi connectivity index (χ3v) is 4.57. The van der Waals surface area contributed by atoms with E-state index in [2.05, 4.69) is 43.5 Å². The molecule has 0 aliphatic heterocycles. The maximum Gasteiger partial charge on any atom is 0.0889 e. The molecule has 0 heterocycles. The van der Waals surface area contributed by atoms with E-state index in [4.69, 9.17) is 10.6 Å². The molecule has 3 nitrogen and oxygen atoms in total. The first-order chi connectivity index (χ1) is 9.73. The number of hydrazine groups is 1. The van der Waals surface area contributed by atoms with Gasteiger partial charge in [-0.1, -0.05) is 49.9 Å². The highest BCUT2D eigenvalue weighted by atomic mass is 16.5. The monoisotopic (exact) mass is 276 g/mol. The van der Waals surface area contributed by atoms with Crippen molar-refractivity contribution in [3.05, 3.63) is 35.4 Å². The van der Waals surface area contributed by atoms with Gasteiger partial charge < -0.3 is 4.74 Å². The van der Waals surface area contributed by atoms with Crippen LogP contribution in [0.4, 0.5) is 0 Å². The van der Waals surface area contributed by atoms with E-state index in [1.165, 1.54) is 36.8 Å². The lowest BCUT2D eigenvalue weighted by molar-refractivity contribution is -0.0784. The molecule has 20 heavy (non-hydrogen) atoms. The van der Waals surface area contributed by atoms with Crippen molar-refractivity contribution in [3.8, 4) is 0 Å². The zero-order valence-electron chi connectivity index (χ0n) is 12.8. The van der Waals surface area contributed by atoms with Crippen LogP contribution in [0.25, 0.3) is 0 Å². The number of ether oxygens (including phenoxy) is 1. The summed E-state index contributed by atoms with van der Waals surface area (Å²) in [6.45, 7) is 4.97. The summed E-state index contributed by atoms with van der Waals surface area (Å²) < 4.78 is 6.27. The van der Waals surface area contributed by atoms with E-state index in [1.54, 1.807) is 0 Å². The number of nitrogens with one attached hydrogen (secondary N) is 1. The Morgan fingerprint density at radius 2 is 1.85 bits per heavy atom. The van der Waals surface area contributed by atoms with Gasteiger partial charge in [0.25, 0.3) is 0 Å². The fourth-order valence-corrected chi connectivity index (χ4v) is 3.57. The molecule has 1 aliphatic carbocycles. The zero-order valence-corrected chi connectivity index (χ0v) is 12.8. The molecule has 1 aliphatic rings.